The summed E-state index contributed by atoms with van der Waals surface area (Å²) in [6.07, 6.45) is 23.2. The normalized spacial score (nSPS) is 22.7. The van der Waals surface area contributed by atoms with E-state index in [4.69, 9.17) is 9.47 Å². The number of carbonyl (C=O) groups is 2. The molecule has 0 radical (unpaired) electrons. The quantitative estimate of drug-likeness (QED) is 0.418. The average Bonchev–Trinajstić information content (AvgIpc) is 2.69. The number of esters is 2. The summed E-state index contributed by atoms with van der Waals surface area (Å²) in [5, 5.41) is 0. The zero-order valence-corrected chi connectivity index (χ0v) is 18.2. The Morgan fingerprint density at radius 3 is 0.821 bits per heavy atom. The van der Waals surface area contributed by atoms with Gasteiger partial charge in [-0.05, 0) is 12.8 Å². The van der Waals surface area contributed by atoms with Crippen molar-refractivity contribution in [3.05, 3.63) is 0 Å². The molecule has 1 aliphatic rings. The van der Waals surface area contributed by atoms with Crippen molar-refractivity contribution in [3.8, 4) is 0 Å². The van der Waals surface area contributed by atoms with E-state index in [2.05, 4.69) is 0 Å². The Bertz CT molecular complexity index is 345. The molecule has 4 nitrogen and oxygen atoms in total. The van der Waals surface area contributed by atoms with E-state index in [1.165, 1.54) is 89.9 Å². The lowest BCUT2D eigenvalue weighted by atomic mass is 10.0. The molecule has 0 N–H and O–H groups in total. The van der Waals surface area contributed by atoms with Crippen LogP contribution in [-0.2, 0) is 19.1 Å². The van der Waals surface area contributed by atoms with Crippen LogP contribution in [0.25, 0.3) is 0 Å². The standard InChI is InChI=1S/C24H44O4/c25-23-19-20-24(26)28-22-18-16-14-12-10-8-6-4-2-1-3-5-7-9-11-13-15-17-21-27-23/h1-22H2. The first-order chi connectivity index (χ1) is 13.8. The zero-order chi connectivity index (χ0) is 20.1. The molecule has 0 aromatic carbocycles. The molecule has 1 heterocycles. The lowest BCUT2D eigenvalue weighted by molar-refractivity contribution is -0.150. The lowest BCUT2D eigenvalue weighted by Crippen LogP contribution is -2.11. The molecule has 0 saturated carbocycles. The Labute approximate surface area is 173 Å². The van der Waals surface area contributed by atoms with Gasteiger partial charge in [0.25, 0.3) is 0 Å². The molecule has 1 saturated heterocycles. The second-order valence-corrected chi connectivity index (χ2v) is 8.30. The Hall–Kier alpha value is -1.06. The van der Waals surface area contributed by atoms with Gasteiger partial charge in [0.1, 0.15) is 0 Å². The summed E-state index contributed by atoms with van der Waals surface area (Å²) in [6.45, 7) is 0.960. The fourth-order valence-corrected chi connectivity index (χ4v) is 3.75. The average molecular weight is 397 g/mol. The van der Waals surface area contributed by atoms with E-state index in [0.29, 0.717) is 13.2 Å². The van der Waals surface area contributed by atoms with Crippen molar-refractivity contribution in [2.24, 2.45) is 0 Å². The van der Waals surface area contributed by atoms with E-state index >= 15 is 0 Å². The van der Waals surface area contributed by atoms with Crippen LogP contribution in [0, 0.1) is 0 Å². The molecule has 4 heteroatoms. The minimum Gasteiger partial charge on any atom is -0.466 e. The third-order valence-corrected chi connectivity index (χ3v) is 5.60. The topological polar surface area (TPSA) is 52.6 Å². The summed E-state index contributed by atoms with van der Waals surface area (Å²) >= 11 is 0. The maximum Gasteiger partial charge on any atom is 0.306 e. The van der Waals surface area contributed by atoms with Crippen molar-refractivity contribution in [1.29, 1.82) is 0 Å². The third-order valence-electron chi connectivity index (χ3n) is 5.60. The molecule has 0 bridgehead atoms. The molecule has 0 aromatic heterocycles. The van der Waals surface area contributed by atoms with Crippen LogP contribution in [-0.4, -0.2) is 25.2 Å². The van der Waals surface area contributed by atoms with Crippen LogP contribution >= 0.6 is 0 Å². The molecule has 0 aromatic rings. The highest BCUT2D eigenvalue weighted by molar-refractivity contribution is 5.77. The van der Waals surface area contributed by atoms with Crippen molar-refractivity contribution >= 4 is 11.9 Å². The Balaban J connectivity index is 2.15. The number of hydrogen-bond donors (Lipinski definition) is 0. The highest BCUT2D eigenvalue weighted by Gasteiger charge is 2.09. The van der Waals surface area contributed by atoms with Gasteiger partial charge in [-0.25, -0.2) is 0 Å². The van der Waals surface area contributed by atoms with Crippen LogP contribution < -0.4 is 0 Å². The highest BCUT2D eigenvalue weighted by atomic mass is 16.5. The van der Waals surface area contributed by atoms with Gasteiger partial charge in [0, 0.05) is 0 Å². The Morgan fingerprint density at radius 1 is 0.357 bits per heavy atom. The van der Waals surface area contributed by atoms with Crippen LogP contribution in [0.4, 0.5) is 0 Å². The number of rotatable bonds is 0. The summed E-state index contributed by atoms with van der Waals surface area (Å²) in [7, 11) is 0. The fourth-order valence-electron chi connectivity index (χ4n) is 3.75. The van der Waals surface area contributed by atoms with E-state index < -0.39 is 0 Å². The monoisotopic (exact) mass is 396 g/mol. The predicted molar refractivity (Wildman–Crippen MR) is 114 cm³/mol. The molecule has 164 valence electrons. The minimum atomic E-state index is -0.279. The summed E-state index contributed by atoms with van der Waals surface area (Å²) in [4.78, 5) is 23.3. The van der Waals surface area contributed by atoms with Gasteiger partial charge in [0.15, 0.2) is 0 Å². The summed E-state index contributed by atoms with van der Waals surface area (Å²) in [5.74, 6) is -0.559. The van der Waals surface area contributed by atoms with E-state index in [1.807, 2.05) is 0 Å². The molecule has 0 aliphatic carbocycles. The van der Waals surface area contributed by atoms with Gasteiger partial charge < -0.3 is 9.47 Å². The molecule has 0 unspecified atom stereocenters. The van der Waals surface area contributed by atoms with Crippen molar-refractivity contribution in [1.82, 2.24) is 0 Å². The third kappa shape index (κ3) is 17.1. The maximum absolute atomic E-state index is 11.7. The molecule has 1 rings (SSSR count). The second kappa shape index (κ2) is 19.3. The second-order valence-electron chi connectivity index (χ2n) is 8.30. The Morgan fingerprint density at radius 2 is 0.571 bits per heavy atom. The number of carbonyl (C=O) groups excluding carboxylic acids is 2. The van der Waals surface area contributed by atoms with Crippen LogP contribution in [0.5, 0.6) is 0 Å². The van der Waals surface area contributed by atoms with Gasteiger partial charge in [-0.1, -0.05) is 103 Å². The number of hydrogen-bond acceptors (Lipinski definition) is 4. The first-order valence-electron chi connectivity index (χ1n) is 12.1. The van der Waals surface area contributed by atoms with Crippen LogP contribution in [0.2, 0.25) is 0 Å². The predicted octanol–water partition coefficient (Wildman–Crippen LogP) is 6.89. The van der Waals surface area contributed by atoms with Crippen LogP contribution in [0.15, 0.2) is 0 Å². The molecular formula is C24H44O4. The van der Waals surface area contributed by atoms with E-state index in [0.717, 1.165) is 25.7 Å². The van der Waals surface area contributed by atoms with E-state index in [-0.39, 0.29) is 24.8 Å². The Kier molecular flexibility index (Phi) is 17.2. The minimum absolute atomic E-state index is 0.138. The maximum atomic E-state index is 11.7. The largest absolute Gasteiger partial charge is 0.466 e. The SMILES string of the molecule is O=C1CCC(=O)OCCCCCCCCCCCCCCCCCCCCO1. The van der Waals surface area contributed by atoms with Gasteiger partial charge in [0.2, 0.25) is 0 Å². The molecule has 0 amide bonds. The van der Waals surface area contributed by atoms with Crippen molar-refractivity contribution < 1.29 is 19.1 Å². The van der Waals surface area contributed by atoms with Crippen LogP contribution in [0.1, 0.15) is 128 Å². The summed E-state index contributed by atoms with van der Waals surface area (Å²) < 4.78 is 10.4. The summed E-state index contributed by atoms with van der Waals surface area (Å²) in [6, 6.07) is 0. The molecule has 28 heavy (non-hydrogen) atoms. The van der Waals surface area contributed by atoms with Crippen molar-refractivity contribution in [2.75, 3.05) is 13.2 Å². The van der Waals surface area contributed by atoms with E-state index in [9.17, 15) is 9.59 Å². The van der Waals surface area contributed by atoms with Gasteiger partial charge in [-0.2, -0.15) is 0 Å². The van der Waals surface area contributed by atoms with Crippen molar-refractivity contribution in [2.45, 2.75) is 128 Å². The first kappa shape index (κ1) is 25.0. The van der Waals surface area contributed by atoms with Gasteiger partial charge >= 0.3 is 11.9 Å². The van der Waals surface area contributed by atoms with Gasteiger partial charge in [-0.15, -0.1) is 0 Å². The summed E-state index contributed by atoms with van der Waals surface area (Å²) in [5.41, 5.74) is 0. The first-order valence-corrected chi connectivity index (χ1v) is 12.1. The van der Waals surface area contributed by atoms with Crippen LogP contribution in [0.3, 0.4) is 0 Å². The lowest BCUT2D eigenvalue weighted by Gasteiger charge is -2.07. The molecule has 1 fully saturated rings. The molecule has 0 spiro atoms. The smallest absolute Gasteiger partial charge is 0.306 e. The van der Waals surface area contributed by atoms with E-state index in [1.54, 1.807) is 0 Å². The van der Waals surface area contributed by atoms with Gasteiger partial charge in [0.05, 0.1) is 26.1 Å². The highest BCUT2D eigenvalue weighted by Crippen LogP contribution is 2.14. The van der Waals surface area contributed by atoms with Gasteiger partial charge in [-0.3, -0.25) is 9.59 Å². The molecule has 0 atom stereocenters. The fraction of sp³-hybridized carbons (Fsp3) is 0.917. The van der Waals surface area contributed by atoms with Crippen molar-refractivity contribution in [3.63, 3.8) is 0 Å². The number of cyclic esters (lactones) is 2. The molecule has 1 aliphatic heterocycles. The zero-order valence-electron chi connectivity index (χ0n) is 18.2. The molecular weight excluding hydrogens is 352 g/mol. The number of ether oxygens (including phenoxy) is 2.